The summed E-state index contributed by atoms with van der Waals surface area (Å²) in [5.74, 6) is -1.13. The molecular formula is C16H22ClN3O4Si. The van der Waals surface area contributed by atoms with Gasteiger partial charge in [0.2, 0.25) is 0 Å². The summed E-state index contributed by atoms with van der Waals surface area (Å²) >= 11 is 5.88. The highest BCUT2D eigenvalue weighted by atomic mass is 35.5. The molecule has 2 aromatic heterocycles. The van der Waals surface area contributed by atoms with Gasteiger partial charge in [-0.25, -0.2) is 9.78 Å². The average Bonchev–Trinajstić information content (AvgIpc) is 2.78. The van der Waals surface area contributed by atoms with Crippen LogP contribution in [0.4, 0.5) is 0 Å². The largest absolute Gasteiger partial charge is 0.478 e. The van der Waals surface area contributed by atoms with E-state index in [-0.39, 0.29) is 34.3 Å². The molecule has 0 aliphatic rings. The fourth-order valence-electron chi connectivity index (χ4n) is 2.18. The number of ether oxygens (including phenoxy) is 1. The Hall–Kier alpha value is -1.90. The lowest BCUT2D eigenvalue weighted by molar-refractivity contribution is 0.0695. The molecule has 2 rings (SSSR count). The van der Waals surface area contributed by atoms with Gasteiger partial charge in [0.05, 0.1) is 16.8 Å². The maximum Gasteiger partial charge on any atom is 0.335 e. The molecule has 2 heterocycles. The van der Waals surface area contributed by atoms with Gasteiger partial charge in [0.25, 0.3) is 5.56 Å². The number of halogens is 1. The molecule has 2 aromatic rings. The Labute approximate surface area is 151 Å². The number of carboxylic acids is 1. The second-order valence-electron chi connectivity index (χ2n) is 7.03. The van der Waals surface area contributed by atoms with Crippen LogP contribution in [-0.2, 0) is 18.5 Å². The summed E-state index contributed by atoms with van der Waals surface area (Å²) in [6.07, 6.45) is 1.60. The van der Waals surface area contributed by atoms with Crippen molar-refractivity contribution in [3.8, 4) is 11.3 Å². The van der Waals surface area contributed by atoms with Crippen LogP contribution in [0.1, 0.15) is 10.4 Å². The number of carboxylic acid groups (broad SMARTS) is 1. The third kappa shape index (κ3) is 5.04. The summed E-state index contributed by atoms with van der Waals surface area (Å²) in [6, 6.07) is 3.61. The lowest BCUT2D eigenvalue weighted by Gasteiger charge is -2.16. The topological polar surface area (TPSA) is 86.4 Å². The van der Waals surface area contributed by atoms with E-state index in [0.29, 0.717) is 6.61 Å². The van der Waals surface area contributed by atoms with E-state index >= 15 is 0 Å². The minimum atomic E-state index is -1.17. The zero-order valence-electron chi connectivity index (χ0n) is 14.7. The van der Waals surface area contributed by atoms with E-state index in [1.807, 2.05) is 0 Å². The average molecular weight is 384 g/mol. The van der Waals surface area contributed by atoms with Crippen LogP contribution >= 0.6 is 11.6 Å². The maximum absolute atomic E-state index is 12.4. The fraction of sp³-hybridized carbons (Fsp3) is 0.438. The number of aromatic carboxylic acids is 1. The summed E-state index contributed by atoms with van der Waals surface area (Å²) in [4.78, 5) is 27.7. The second-order valence-corrected chi connectivity index (χ2v) is 13.0. The standard InChI is InChI=1S/C16H22ClN3O4Si/c1-19-15(21)12(9-20(19)10-24-5-6-25(2,3)4)13-7-11(16(22)23)8-14(17)18-13/h7-9H,5-6,10H2,1-4H3,(H,22,23). The Morgan fingerprint density at radius 1 is 1.36 bits per heavy atom. The Morgan fingerprint density at radius 2 is 2.04 bits per heavy atom. The number of carbonyl (C=O) groups is 1. The molecule has 25 heavy (non-hydrogen) atoms. The molecule has 0 atom stereocenters. The Balaban J connectivity index is 2.24. The van der Waals surface area contributed by atoms with Gasteiger partial charge < -0.3 is 9.84 Å². The summed E-state index contributed by atoms with van der Waals surface area (Å²) in [7, 11) is 0.448. The van der Waals surface area contributed by atoms with Crippen LogP contribution in [0.5, 0.6) is 0 Å². The third-order valence-corrected chi connectivity index (χ3v) is 5.62. The predicted molar refractivity (Wildman–Crippen MR) is 99.0 cm³/mol. The van der Waals surface area contributed by atoms with E-state index in [1.54, 1.807) is 17.9 Å². The van der Waals surface area contributed by atoms with E-state index in [1.165, 1.54) is 16.8 Å². The highest BCUT2D eigenvalue weighted by Gasteiger charge is 2.16. The van der Waals surface area contributed by atoms with Crippen molar-refractivity contribution in [2.75, 3.05) is 6.61 Å². The lowest BCUT2D eigenvalue weighted by atomic mass is 10.1. The van der Waals surface area contributed by atoms with Crippen LogP contribution < -0.4 is 5.56 Å². The molecule has 0 aromatic carbocycles. The summed E-state index contributed by atoms with van der Waals surface area (Å²) < 4.78 is 8.70. The Kier molecular flexibility index (Phi) is 5.86. The molecule has 0 bridgehead atoms. The SMILES string of the molecule is Cn1c(=O)c(-c2cc(C(=O)O)cc(Cl)n2)cn1COCC[Si](C)(C)C. The van der Waals surface area contributed by atoms with E-state index in [0.717, 1.165) is 6.04 Å². The highest BCUT2D eigenvalue weighted by Crippen LogP contribution is 2.19. The molecule has 136 valence electrons. The van der Waals surface area contributed by atoms with Crippen LogP contribution in [0.25, 0.3) is 11.3 Å². The number of rotatable bonds is 7. The van der Waals surface area contributed by atoms with Gasteiger partial charge in [-0.15, -0.1) is 0 Å². The zero-order chi connectivity index (χ0) is 18.8. The predicted octanol–water partition coefficient (Wildman–Crippen LogP) is 2.91. The maximum atomic E-state index is 12.4. The van der Waals surface area contributed by atoms with Crippen molar-refractivity contribution < 1.29 is 14.6 Å². The Morgan fingerprint density at radius 3 is 2.64 bits per heavy atom. The van der Waals surface area contributed by atoms with E-state index in [2.05, 4.69) is 24.6 Å². The van der Waals surface area contributed by atoms with Gasteiger partial charge in [-0.3, -0.25) is 14.2 Å². The van der Waals surface area contributed by atoms with Crippen LogP contribution in [0.3, 0.4) is 0 Å². The first-order valence-electron chi connectivity index (χ1n) is 7.84. The monoisotopic (exact) mass is 383 g/mol. The molecule has 0 aliphatic carbocycles. The molecule has 0 fully saturated rings. The van der Waals surface area contributed by atoms with Gasteiger partial charge in [-0.1, -0.05) is 31.2 Å². The first kappa shape index (κ1) is 19.4. The first-order chi connectivity index (χ1) is 11.6. The molecular weight excluding hydrogens is 362 g/mol. The number of aromatic nitrogens is 3. The summed E-state index contributed by atoms with van der Waals surface area (Å²) in [5, 5.41) is 9.15. The van der Waals surface area contributed by atoms with Gasteiger partial charge in [0, 0.05) is 27.9 Å². The smallest absolute Gasteiger partial charge is 0.335 e. The fourth-order valence-corrected chi connectivity index (χ4v) is 3.14. The van der Waals surface area contributed by atoms with Crippen molar-refractivity contribution in [2.24, 2.45) is 7.05 Å². The number of pyridine rings is 1. The highest BCUT2D eigenvalue weighted by molar-refractivity contribution is 6.76. The van der Waals surface area contributed by atoms with Crippen LogP contribution in [0, 0.1) is 0 Å². The number of hydrogen-bond donors (Lipinski definition) is 1. The van der Waals surface area contributed by atoms with Crippen molar-refractivity contribution in [3.63, 3.8) is 0 Å². The summed E-state index contributed by atoms with van der Waals surface area (Å²) in [6.45, 7) is 7.68. The molecule has 0 spiro atoms. The Bertz CT molecular complexity index is 839. The molecule has 0 amide bonds. The lowest BCUT2D eigenvalue weighted by Crippen LogP contribution is -2.24. The zero-order valence-corrected chi connectivity index (χ0v) is 16.5. The van der Waals surface area contributed by atoms with Crippen LogP contribution in [0.15, 0.2) is 23.1 Å². The van der Waals surface area contributed by atoms with Gasteiger partial charge in [-0.05, 0) is 18.2 Å². The molecule has 0 saturated heterocycles. The van der Waals surface area contributed by atoms with Gasteiger partial charge in [-0.2, -0.15) is 0 Å². The molecule has 0 aliphatic heterocycles. The van der Waals surface area contributed by atoms with Gasteiger partial charge >= 0.3 is 5.97 Å². The molecule has 9 heteroatoms. The molecule has 7 nitrogen and oxygen atoms in total. The number of nitrogens with zero attached hydrogens (tertiary/aromatic N) is 3. The van der Waals surface area contributed by atoms with Crippen LogP contribution in [0.2, 0.25) is 30.8 Å². The van der Waals surface area contributed by atoms with Crippen molar-refractivity contribution in [3.05, 3.63) is 39.4 Å². The second kappa shape index (κ2) is 7.55. The van der Waals surface area contributed by atoms with Crippen molar-refractivity contribution >= 4 is 25.6 Å². The summed E-state index contributed by atoms with van der Waals surface area (Å²) in [5.41, 5.74) is 0.198. The van der Waals surface area contributed by atoms with Crippen molar-refractivity contribution in [2.45, 2.75) is 32.4 Å². The molecule has 0 saturated carbocycles. The van der Waals surface area contributed by atoms with Gasteiger partial charge in [0.1, 0.15) is 11.9 Å². The van der Waals surface area contributed by atoms with Crippen molar-refractivity contribution in [1.82, 2.24) is 14.3 Å². The van der Waals surface area contributed by atoms with Crippen molar-refractivity contribution in [1.29, 1.82) is 0 Å². The normalized spacial score (nSPS) is 11.7. The molecule has 1 N–H and O–H groups in total. The van der Waals surface area contributed by atoms with E-state index in [4.69, 9.17) is 21.4 Å². The minimum Gasteiger partial charge on any atom is -0.478 e. The van der Waals surface area contributed by atoms with Gasteiger partial charge in [0.15, 0.2) is 0 Å². The number of hydrogen-bond acceptors (Lipinski definition) is 4. The molecule has 0 unspecified atom stereocenters. The van der Waals surface area contributed by atoms with Crippen LogP contribution in [-0.4, -0.2) is 40.1 Å². The third-order valence-electron chi connectivity index (χ3n) is 3.72. The quantitative estimate of drug-likeness (QED) is 0.451. The van der Waals surface area contributed by atoms with E-state index in [9.17, 15) is 9.59 Å². The molecule has 0 radical (unpaired) electrons. The van der Waals surface area contributed by atoms with E-state index < -0.39 is 14.0 Å². The minimum absolute atomic E-state index is 0.0174. The first-order valence-corrected chi connectivity index (χ1v) is 11.9.